The average molecular weight is 618 g/mol. The maximum absolute atomic E-state index is 13.4. The van der Waals surface area contributed by atoms with Crippen molar-refractivity contribution in [2.24, 2.45) is 0 Å². The van der Waals surface area contributed by atoms with E-state index in [1.54, 1.807) is 21.9 Å². The van der Waals surface area contributed by atoms with E-state index in [-0.39, 0.29) is 50.1 Å². The SMILES string of the molecule is CCO[C@H]1C[C@H](Oc2ccc3c(c2)CN(C2CCC(=O)N(COCC[Si](C)(C)C)C2=O)C3=O)CN(C(=O)OC(C)(C)C)C1. The Bertz CT molecular complexity index is 1210. The van der Waals surface area contributed by atoms with Crippen LogP contribution in [0.2, 0.25) is 25.7 Å². The molecule has 0 aliphatic carbocycles. The zero-order valence-electron chi connectivity index (χ0n) is 26.6. The second kappa shape index (κ2) is 13.4. The molecule has 2 saturated heterocycles. The first-order valence-electron chi connectivity index (χ1n) is 15.3. The summed E-state index contributed by atoms with van der Waals surface area (Å²) in [6.07, 6.45) is 0.143. The highest BCUT2D eigenvalue weighted by atomic mass is 28.3. The fraction of sp³-hybridized carbons (Fsp3) is 0.677. The summed E-state index contributed by atoms with van der Waals surface area (Å²) in [6, 6.07) is 5.49. The monoisotopic (exact) mass is 617 g/mol. The smallest absolute Gasteiger partial charge is 0.410 e. The van der Waals surface area contributed by atoms with Gasteiger partial charge in [-0.3, -0.25) is 19.3 Å². The summed E-state index contributed by atoms with van der Waals surface area (Å²) in [5, 5.41) is 0. The van der Waals surface area contributed by atoms with Crippen molar-refractivity contribution < 1.29 is 38.1 Å². The fourth-order valence-electron chi connectivity index (χ4n) is 5.54. The van der Waals surface area contributed by atoms with Crippen LogP contribution in [0.1, 0.15) is 62.9 Å². The van der Waals surface area contributed by atoms with Gasteiger partial charge in [0.15, 0.2) is 0 Å². The molecule has 3 heterocycles. The molecule has 0 saturated carbocycles. The summed E-state index contributed by atoms with van der Waals surface area (Å²) in [6.45, 7) is 16.1. The number of hydrogen-bond acceptors (Lipinski definition) is 8. The summed E-state index contributed by atoms with van der Waals surface area (Å²) >= 11 is 0. The molecule has 4 amide bonds. The van der Waals surface area contributed by atoms with Crippen molar-refractivity contribution in [3.63, 3.8) is 0 Å². The standard InChI is InChI=1S/C31H47N3O8Si/c1-8-40-23-16-24(19-32(18-23)30(38)42-31(2,3)4)41-22-9-10-25-21(15-22)17-33(28(25)36)26-11-12-27(35)34(29(26)37)20-39-13-14-43(5,6)7/h9-10,15,23-24,26H,8,11-14,16-20H2,1-7H3/t23-,24-,26?/m0/s1. The minimum absolute atomic E-state index is 0.0872. The quantitative estimate of drug-likeness (QED) is 0.217. The Labute approximate surface area is 255 Å². The number of nitrogens with zero attached hydrogens (tertiary/aromatic N) is 3. The molecule has 43 heavy (non-hydrogen) atoms. The third-order valence-corrected chi connectivity index (χ3v) is 9.42. The van der Waals surface area contributed by atoms with Crippen LogP contribution in [0.4, 0.5) is 4.79 Å². The molecule has 238 valence electrons. The molecule has 0 radical (unpaired) electrons. The first-order chi connectivity index (χ1) is 20.1. The molecule has 12 heteroatoms. The van der Waals surface area contributed by atoms with Gasteiger partial charge < -0.3 is 28.7 Å². The van der Waals surface area contributed by atoms with Crippen LogP contribution >= 0.6 is 0 Å². The van der Waals surface area contributed by atoms with Gasteiger partial charge in [-0.1, -0.05) is 19.6 Å². The number of rotatable bonds is 10. The lowest BCUT2D eigenvalue weighted by molar-refractivity contribution is -0.158. The molecule has 11 nitrogen and oxygen atoms in total. The van der Waals surface area contributed by atoms with Crippen LogP contribution in [-0.4, -0.2) is 103 Å². The molecular weight excluding hydrogens is 570 g/mol. The summed E-state index contributed by atoms with van der Waals surface area (Å²) in [5.74, 6) is -0.332. The van der Waals surface area contributed by atoms with Crippen molar-refractivity contribution >= 4 is 31.9 Å². The molecule has 1 unspecified atom stereocenters. The molecule has 2 fully saturated rings. The fourth-order valence-corrected chi connectivity index (χ4v) is 6.30. The summed E-state index contributed by atoms with van der Waals surface area (Å²) in [4.78, 5) is 56.4. The van der Waals surface area contributed by atoms with Gasteiger partial charge in [-0.2, -0.15) is 0 Å². The molecule has 1 aromatic carbocycles. The lowest BCUT2D eigenvalue weighted by Gasteiger charge is -2.38. The van der Waals surface area contributed by atoms with E-state index >= 15 is 0 Å². The van der Waals surface area contributed by atoms with Crippen LogP contribution < -0.4 is 4.74 Å². The summed E-state index contributed by atoms with van der Waals surface area (Å²) < 4.78 is 23.5. The number of fused-ring (bicyclic) bond motifs is 1. The topological polar surface area (TPSA) is 115 Å². The zero-order valence-corrected chi connectivity index (χ0v) is 27.6. The van der Waals surface area contributed by atoms with Crippen molar-refractivity contribution in [3.8, 4) is 5.75 Å². The van der Waals surface area contributed by atoms with Crippen molar-refractivity contribution in [2.75, 3.05) is 33.0 Å². The number of hydrogen-bond donors (Lipinski definition) is 0. The van der Waals surface area contributed by atoms with E-state index in [0.717, 1.165) is 16.5 Å². The van der Waals surface area contributed by atoms with E-state index in [1.165, 1.54) is 0 Å². The van der Waals surface area contributed by atoms with Crippen molar-refractivity contribution in [1.29, 1.82) is 0 Å². The largest absolute Gasteiger partial charge is 0.488 e. The molecule has 0 N–H and O–H groups in total. The normalized spacial score (nSPS) is 23.1. The van der Waals surface area contributed by atoms with E-state index in [2.05, 4.69) is 19.6 Å². The van der Waals surface area contributed by atoms with E-state index in [9.17, 15) is 19.2 Å². The highest BCUT2D eigenvalue weighted by molar-refractivity contribution is 6.76. The van der Waals surface area contributed by atoms with Gasteiger partial charge in [0.05, 0.1) is 19.2 Å². The third kappa shape index (κ3) is 8.57. The molecule has 0 aromatic heterocycles. The van der Waals surface area contributed by atoms with Crippen LogP contribution in [0, 0.1) is 0 Å². The first kappa shape index (κ1) is 32.9. The maximum atomic E-state index is 13.4. The Morgan fingerprint density at radius 3 is 2.47 bits per heavy atom. The Morgan fingerprint density at radius 1 is 1.07 bits per heavy atom. The predicted molar refractivity (Wildman–Crippen MR) is 162 cm³/mol. The Kier molecular flexibility index (Phi) is 10.2. The summed E-state index contributed by atoms with van der Waals surface area (Å²) in [7, 11) is -1.31. The van der Waals surface area contributed by atoms with Gasteiger partial charge in [-0.25, -0.2) is 4.79 Å². The third-order valence-electron chi connectivity index (χ3n) is 7.72. The molecule has 0 spiro atoms. The second-order valence-corrected chi connectivity index (χ2v) is 19.4. The molecule has 3 atom stereocenters. The van der Waals surface area contributed by atoms with Crippen molar-refractivity contribution in [3.05, 3.63) is 29.3 Å². The highest BCUT2D eigenvalue weighted by Crippen LogP contribution is 2.32. The number of carbonyl (C=O) groups is 4. The van der Waals surface area contributed by atoms with Crippen LogP contribution in [0.5, 0.6) is 5.75 Å². The number of piperidine rings is 2. The summed E-state index contributed by atoms with van der Waals surface area (Å²) in [5.41, 5.74) is 0.655. The number of benzene rings is 1. The van der Waals surface area contributed by atoms with Crippen LogP contribution in [0.25, 0.3) is 0 Å². The van der Waals surface area contributed by atoms with Crippen molar-refractivity contribution in [2.45, 2.75) is 103 Å². The van der Waals surface area contributed by atoms with E-state index in [1.807, 2.05) is 33.8 Å². The lowest BCUT2D eigenvalue weighted by Crippen LogP contribution is -2.55. The van der Waals surface area contributed by atoms with Crippen LogP contribution in [0.3, 0.4) is 0 Å². The number of carbonyl (C=O) groups excluding carboxylic acids is 4. The van der Waals surface area contributed by atoms with Gasteiger partial charge in [-0.15, -0.1) is 0 Å². The minimum Gasteiger partial charge on any atom is -0.488 e. The van der Waals surface area contributed by atoms with Crippen molar-refractivity contribution in [1.82, 2.24) is 14.7 Å². The molecule has 4 rings (SSSR count). The van der Waals surface area contributed by atoms with Gasteiger partial charge in [0.2, 0.25) is 5.91 Å². The Hall–Kier alpha value is -2.96. The number of amides is 4. The molecular formula is C31H47N3O8Si. The molecule has 3 aliphatic heterocycles. The number of ether oxygens (including phenoxy) is 4. The predicted octanol–water partition coefficient (Wildman–Crippen LogP) is 4.27. The van der Waals surface area contributed by atoms with Gasteiger partial charge in [0.25, 0.3) is 11.8 Å². The molecule has 3 aliphatic rings. The van der Waals surface area contributed by atoms with Gasteiger partial charge in [0.1, 0.15) is 30.2 Å². The molecule has 1 aromatic rings. The highest BCUT2D eigenvalue weighted by Gasteiger charge is 2.43. The van der Waals surface area contributed by atoms with Crippen LogP contribution in [0.15, 0.2) is 18.2 Å². The van der Waals surface area contributed by atoms with E-state index in [0.29, 0.717) is 44.0 Å². The Balaban J connectivity index is 1.41. The number of imide groups is 1. The van der Waals surface area contributed by atoms with Gasteiger partial charge >= 0.3 is 6.09 Å². The minimum atomic E-state index is -1.31. The van der Waals surface area contributed by atoms with Gasteiger partial charge in [0, 0.05) is 46.2 Å². The Morgan fingerprint density at radius 2 is 1.79 bits per heavy atom. The first-order valence-corrected chi connectivity index (χ1v) is 19.0. The van der Waals surface area contributed by atoms with E-state index in [4.69, 9.17) is 18.9 Å². The second-order valence-electron chi connectivity index (χ2n) is 13.8. The maximum Gasteiger partial charge on any atom is 0.410 e. The van der Waals surface area contributed by atoms with Gasteiger partial charge in [-0.05, 0) is 63.9 Å². The molecule has 0 bridgehead atoms. The zero-order chi connectivity index (χ0) is 31.5. The number of likely N-dealkylation sites (tertiary alicyclic amines) is 2. The van der Waals surface area contributed by atoms with E-state index < -0.39 is 31.7 Å². The lowest BCUT2D eigenvalue weighted by atomic mass is 10.0. The van der Waals surface area contributed by atoms with Crippen LogP contribution in [-0.2, 0) is 30.3 Å². The average Bonchev–Trinajstić information content (AvgIpc) is 3.22.